The van der Waals surface area contributed by atoms with Gasteiger partial charge in [-0.3, -0.25) is 4.79 Å². The molecule has 0 spiro atoms. The average molecular weight is 297 g/mol. The maximum Gasteiger partial charge on any atom is 0.257 e. The number of likely N-dealkylation sites (tertiary alicyclic amines) is 1. The molecule has 1 atom stereocenters. The summed E-state index contributed by atoms with van der Waals surface area (Å²) >= 11 is 0. The quantitative estimate of drug-likeness (QED) is 0.937. The molecule has 1 aromatic carbocycles. The number of hydrogen-bond acceptors (Lipinski definition) is 4. The highest BCUT2D eigenvalue weighted by atomic mass is 16.3. The Morgan fingerprint density at radius 3 is 2.59 bits per heavy atom. The maximum atomic E-state index is 12.5. The van der Waals surface area contributed by atoms with E-state index in [0.29, 0.717) is 25.1 Å². The van der Waals surface area contributed by atoms with Gasteiger partial charge < -0.3 is 10.0 Å². The van der Waals surface area contributed by atoms with Gasteiger partial charge in [0, 0.05) is 25.4 Å². The molecule has 1 saturated heterocycles. The van der Waals surface area contributed by atoms with Crippen LogP contribution < -0.4 is 0 Å². The highest BCUT2D eigenvalue weighted by Crippen LogP contribution is 2.32. The van der Waals surface area contributed by atoms with Crippen LogP contribution in [0.15, 0.2) is 42.7 Å². The van der Waals surface area contributed by atoms with Crippen molar-refractivity contribution in [1.29, 1.82) is 0 Å². The van der Waals surface area contributed by atoms with Crippen LogP contribution in [0, 0.1) is 0 Å². The van der Waals surface area contributed by atoms with Gasteiger partial charge in [-0.1, -0.05) is 37.3 Å². The molecule has 0 radical (unpaired) electrons. The molecule has 114 valence electrons. The molecule has 5 nitrogen and oxygen atoms in total. The second kappa shape index (κ2) is 5.85. The Bertz CT molecular complexity index is 657. The molecule has 1 N–H and O–H groups in total. The third kappa shape index (κ3) is 2.72. The zero-order valence-electron chi connectivity index (χ0n) is 12.6. The Morgan fingerprint density at radius 1 is 1.27 bits per heavy atom. The van der Waals surface area contributed by atoms with Crippen LogP contribution in [0.1, 0.15) is 35.1 Å². The first-order valence-corrected chi connectivity index (χ1v) is 7.50. The summed E-state index contributed by atoms with van der Waals surface area (Å²) in [6.07, 6.45) is 4.41. The van der Waals surface area contributed by atoms with Gasteiger partial charge in [0.1, 0.15) is 11.4 Å². The van der Waals surface area contributed by atoms with Crippen LogP contribution in [0.3, 0.4) is 0 Å². The summed E-state index contributed by atoms with van der Waals surface area (Å²) in [4.78, 5) is 22.5. The van der Waals surface area contributed by atoms with Crippen LogP contribution in [0.25, 0.3) is 0 Å². The van der Waals surface area contributed by atoms with E-state index >= 15 is 0 Å². The Kier molecular flexibility index (Phi) is 3.90. The minimum atomic E-state index is -0.971. The normalized spacial score (nSPS) is 21.1. The maximum absolute atomic E-state index is 12.5. The predicted molar refractivity (Wildman–Crippen MR) is 82.3 cm³/mol. The lowest BCUT2D eigenvalue weighted by molar-refractivity contribution is 0.0417. The van der Waals surface area contributed by atoms with Crippen molar-refractivity contribution in [2.75, 3.05) is 13.1 Å². The van der Waals surface area contributed by atoms with Crippen LogP contribution in [0.4, 0.5) is 0 Å². The zero-order valence-corrected chi connectivity index (χ0v) is 12.6. The highest BCUT2D eigenvalue weighted by Gasteiger charge is 2.39. The van der Waals surface area contributed by atoms with E-state index in [2.05, 4.69) is 9.97 Å². The van der Waals surface area contributed by atoms with Gasteiger partial charge in [0.15, 0.2) is 0 Å². The third-order valence-electron chi connectivity index (χ3n) is 4.11. The molecule has 1 aliphatic rings. The van der Waals surface area contributed by atoms with Gasteiger partial charge in [0.05, 0.1) is 12.1 Å². The summed E-state index contributed by atoms with van der Waals surface area (Å²) in [7, 11) is 0. The molecule has 0 aliphatic carbocycles. The molecular weight excluding hydrogens is 278 g/mol. The number of aromatic nitrogens is 2. The smallest absolute Gasteiger partial charge is 0.257 e. The van der Waals surface area contributed by atoms with Gasteiger partial charge in [0.25, 0.3) is 5.91 Å². The number of rotatable bonds is 3. The number of amides is 1. The van der Waals surface area contributed by atoms with E-state index < -0.39 is 5.60 Å². The third-order valence-corrected chi connectivity index (χ3v) is 4.11. The molecule has 22 heavy (non-hydrogen) atoms. The summed E-state index contributed by atoms with van der Waals surface area (Å²) in [5.41, 5.74) is 0.346. The van der Waals surface area contributed by atoms with Crippen molar-refractivity contribution in [2.24, 2.45) is 0 Å². The lowest BCUT2D eigenvalue weighted by Gasteiger charge is -2.23. The van der Waals surface area contributed by atoms with Gasteiger partial charge in [0.2, 0.25) is 0 Å². The molecule has 1 unspecified atom stereocenters. The molecular formula is C17H19N3O2. The lowest BCUT2D eigenvalue weighted by Crippen LogP contribution is -2.34. The van der Waals surface area contributed by atoms with Gasteiger partial charge >= 0.3 is 0 Å². The number of aliphatic hydroxyl groups is 1. The van der Waals surface area contributed by atoms with Crippen LogP contribution in [0.5, 0.6) is 0 Å². The van der Waals surface area contributed by atoms with E-state index in [9.17, 15) is 9.90 Å². The van der Waals surface area contributed by atoms with Gasteiger partial charge in [-0.15, -0.1) is 0 Å². The second-order valence-electron chi connectivity index (χ2n) is 5.62. The molecule has 2 aromatic rings. The van der Waals surface area contributed by atoms with Gasteiger partial charge in [-0.05, 0) is 12.0 Å². The first-order valence-electron chi connectivity index (χ1n) is 7.50. The highest BCUT2D eigenvalue weighted by molar-refractivity contribution is 5.93. The average Bonchev–Trinajstić information content (AvgIpc) is 2.99. The molecule has 2 heterocycles. The van der Waals surface area contributed by atoms with Crippen LogP contribution >= 0.6 is 0 Å². The van der Waals surface area contributed by atoms with Gasteiger partial charge in [-0.25, -0.2) is 9.97 Å². The summed E-state index contributed by atoms with van der Waals surface area (Å²) < 4.78 is 0. The van der Waals surface area contributed by atoms with Crippen molar-refractivity contribution in [3.8, 4) is 0 Å². The van der Waals surface area contributed by atoms with Crippen LogP contribution in [-0.2, 0) is 12.0 Å². The molecule has 1 aromatic heterocycles. The molecule has 3 rings (SSSR count). The van der Waals surface area contributed by atoms with E-state index in [1.807, 2.05) is 37.3 Å². The number of carbonyl (C=O) groups is 1. The summed E-state index contributed by atoms with van der Waals surface area (Å²) in [5, 5.41) is 10.8. The summed E-state index contributed by atoms with van der Waals surface area (Å²) in [6.45, 7) is 2.79. The van der Waals surface area contributed by atoms with Crippen molar-refractivity contribution >= 4 is 5.91 Å². The monoisotopic (exact) mass is 297 g/mol. The molecule has 1 fully saturated rings. The van der Waals surface area contributed by atoms with Crippen molar-refractivity contribution in [2.45, 2.75) is 25.4 Å². The van der Waals surface area contributed by atoms with Crippen molar-refractivity contribution in [3.05, 3.63) is 59.7 Å². The minimum absolute atomic E-state index is 0.130. The fraction of sp³-hybridized carbons (Fsp3) is 0.353. The number of benzene rings is 1. The number of β-amino-alcohol motifs (C(OH)–C–C–N with tert-alkyl or cyclic N) is 1. The second-order valence-corrected chi connectivity index (χ2v) is 5.62. The predicted octanol–water partition coefficient (Wildman–Crippen LogP) is 1.77. The van der Waals surface area contributed by atoms with Gasteiger partial charge in [-0.2, -0.15) is 0 Å². The molecule has 1 aliphatic heterocycles. The van der Waals surface area contributed by atoms with Crippen LogP contribution in [-0.4, -0.2) is 39.0 Å². The van der Waals surface area contributed by atoms with E-state index in [-0.39, 0.29) is 5.91 Å². The summed E-state index contributed by atoms with van der Waals surface area (Å²) in [5.74, 6) is 0.591. The SMILES string of the molecule is CCc1ncc(C(=O)N2CCC(O)(c3ccccc3)C2)cn1. The first-order chi connectivity index (χ1) is 10.6. The molecule has 5 heteroatoms. The first kappa shape index (κ1) is 14.7. The number of aryl methyl sites for hydroxylation is 1. The summed E-state index contributed by atoms with van der Waals surface area (Å²) in [6, 6.07) is 9.50. The Hall–Kier alpha value is -2.27. The topological polar surface area (TPSA) is 66.3 Å². The lowest BCUT2D eigenvalue weighted by atomic mass is 9.93. The number of nitrogens with zero attached hydrogens (tertiary/aromatic N) is 3. The fourth-order valence-electron chi connectivity index (χ4n) is 2.78. The minimum Gasteiger partial charge on any atom is -0.383 e. The molecule has 0 bridgehead atoms. The Morgan fingerprint density at radius 2 is 1.95 bits per heavy atom. The standard InChI is InChI=1S/C17H19N3O2/c1-2-15-18-10-13(11-19-15)16(21)20-9-8-17(22,12-20)14-6-4-3-5-7-14/h3-7,10-11,22H,2,8-9,12H2,1H3. The molecule has 1 amide bonds. The molecule has 0 saturated carbocycles. The number of carbonyl (C=O) groups excluding carboxylic acids is 1. The van der Waals surface area contributed by atoms with Crippen LogP contribution in [0.2, 0.25) is 0 Å². The van der Waals surface area contributed by atoms with Crippen molar-refractivity contribution in [1.82, 2.24) is 14.9 Å². The fourth-order valence-corrected chi connectivity index (χ4v) is 2.78. The number of hydrogen-bond donors (Lipinski definition) is 1. The van der Waals surface area contributed by atoms with Crippen molar-refractivity contribution in [3.63, 3.8) is 0 Å². The van der Waals surface area contributed by atoms with Crippen molar-refractivity contribution < 1.29 is 9.90 Å². The van der Waals surface area contributed by atoms with E-state index in [0.717, 1.165) is 17.8 Å². The largest absolute Gasteiger partial charge is 0.383 e. The Labute approximate surface area is 129 Å². The van der Waals surface area contributed by atoms with E-state index in [1.165, 1.54) is 0 Å². The van der Waals surface area contributed by atoms with E-state index in [4.69, 9.17) is 0 Å². The van der Waals surface area contributed by atoms with E-state index in [1.54, 1.807) is 17.3 Å². The zero-order chi connectivity index (χ0) is 15.6. The Balaban J connectivity index is 1.75.